The van der Waals surface area contributed by atoms with E-state index >= 15 is 0 Å². The topological polar surface area (TPSA) is 69.6 Å². The molecule has 2 fully saturated rings. The summed E-state index contributed by atoms with van der Waals surface area (Å²) in [5.74, 6) is -0.127. The molecule has 2 aliphatic heterocycles. The minimum atomic E-state index is -0.738. The second kappa shape index (κ2) is 2.95. The Kier molecular flexibility index (Phi) is 1.99. The number of hydrogen-bond donors (Lipinski definition) is 2. The van der Waals surface area contributed by atoms with Crippen molar-refractivity contribution < 1.29 is 14.7 Å². The lowest BCUT2D eigenvalue weighted by molar-refractivity contribution is -0.154. The van der Waals surface area contributed by atoms with E-state index in [0.717, 1.165) is 0 Å². The van der Waals surface area contributed by atoms with E-state index in [2.05, 4.69) is 5.32 Å². The summed E-state index contributed by atoms with van der Waals surface area (Å²) >= 11 is 0. The highest BCUT2D eigenvalue weighted by molar-refractivity contribution is 5.91. The van der Waals surface area contributed by atoms with Gasteiger partial charge in [0.15, 0.2) is 0 Å². The Labute approximate surface area is 82.1 Å². The minimum Gasteiger partial charge on any atom is -0.386 e. The van der Waals surface area contributed by atoms with Crippen LogP contribution in [0.3, 0.4) is 0 Å². The first-order valence-corrected chi connectivity index (χ1v) is 4.78. The Bertz CT molecular complexity index is 280. The van der Waals surface area contributed by atoms with Gasteiger partial charge >= 0.3 is 0 Å². The van der Waals surface area contributed by atoms with E-state index in [0.29, 0.717) is 25.9 Å². The maximum absolute atomic E-state index is 11.7. The molecule has 2 N–H and O–H groups in total. The third kappa shape index (κ3) is 1.59. The summed E-state index contributed by atoms with van der Waals surface area (Å²) in [6, 6.07) is -0.362. The van der Waals surface area contributed by atoms with Crippen molar-refractivity contribution in [1.29, 1.82) is 0 Å². The van der Waals surface area contributed by atoms with Crippen LogP contribution in [0, 0.1) is 0 Å². The van der Waals surface area contributed by atoms with Crippen LogP contribution >= 0.6 is 0 Å². The zero-order valence-electron chi connectivity index (χ0n) is 8.12. The molecule has 0 unspecified atom stereocenters. The molecule has 0 radical (unpaired) electrons. The molecule has 1 atom stereocenters. The van der Waals surface area contributed by atoms with Crippen molar-refractivity contribution in [3.8, 4) is 0 Å². The highest BCUT2D eigenvalue weighted by Gasteiger charge is 2.42. The van der Waals surface area contributed by atoms with Crippen LogP contribution in [0.25, 0.3) is 0 Å². The van der Waals surface area contributed by atoms with Gasteiger partial charge < -0.3 is 15.3 Å². The normalized spacial score (nSPS) is 29.7. The number of hydrogen-bond acceptors (Lipinski definition) is 3. The number of rotatable bonds is 1. The fourth-order valence-electron chi connectivity index (χ4n) is 1.95. The third-order valence-corrected chi connectivity index (χ3v) is 2.67. The third-order valence-electron chi connectivity index (χ3n) is 2.67. The Morgan fingerprint density at radius 3 is 2.71 bits per heavy atom. The van der Waals surface area contributed by atoms with Gasteiger partial charge in [0.25, 0.3) is 0 Å². The van der Waals surface area contributed by atoms with Crippen molar-refractivity contribution in [3.05, 3.63) is 0 Å². The molecule has 0 aromatic rings. The molecule has 2 saturated heterocycles. The number of likely N-dealkylation sites (tertiary alicyclic amines) is 1. The molecule has 5 heteroatoms. The standard InChI is InChI=1S/C9H14N2O3/c1-9(14)4-11(5-9)8(13)6-2-3-7(12)10-6/h6,14H,2-5H2,1H3,(H,10,12)/t6-/m0/s1. The second-order valence-electron chi connectivity index (χ2n) is 4.35. The first-order valence-electron chi connectivity index (χ1n) is 4.78. The van der Waals surface area contributed by atoms with Crippen LogP contribution in [0.2, 0.25) is 0 Å². The van der Waals surface area contributed by atoms with Crippen LogP contribution in [0.4, 0.5) is 0 Å². The highest BCUT2D eigenvalue weighted by atomic mass is 16.3. The van der Waals surface area contributed by atoms with E-state index in [1.807, 2.05) is 0 Å². The molecule has 2 heterocycles. The van der Waals surface area contributed by atoms with Crippen molar-refractivity contribution in [3.63, 3.8) is 0 Å². The van der Waals surface area contributed by atoms with Crippen LogP contribution in [0.1, 0.15) is 19.8 Å². The first-order chi connectivity index (χ1) is 6.48. The van der Waals surface area contributed by atoms with Gasteiger partial charge in [-0.15, -0.1) is 0 Å². The van der Waals surface area contributed by atoms with Gasteiger partial charge in [0.1, 0.15) is 6.04 Å². The molecule has 0 saturated carbocycles. The predicted molar refractivity (Wildman–Crippen MR) is 48.4 cm³/mol. The van der Waals surface area contributed by atoms with E-state index in [1.54, 1.807) is 11.8 Å². The van der Waals surface area contributed by atoms with Gasteiger partial charge in [-0.2, -0.15) is 0 Å². The quantitative estimate of drug-likeness (QED) is 0.559. The number of aliphatic hydroxyl groups is 1. The number of amides is 2. The SMILES string of the molecule is CC1(O)CN(C(=O)[C@@H]2CCC(=O)N2)C1. The van der Waals surface area contributed by atoms with Crippen LogP contribution in [-0.2, 0) is 9.59 Å². The average Bonchev–Trinajstić information content (AvgIpc) is 2.46. The van der Waals surface area contributed by atoms with Crippen molar-refractivity contribution in [2.45, 2.75) is 31.4 Å². The van der Waals surface area contributed by atoms with E-state index in [1.165, 1.54) is 0 Å². The van der Waals surface area contributed by atoms with Gasteiger partial charge in [0.2, 0.25) is 11.8 Å². The van der Waals surface area contributed by atoms with Crippen LogP contribution in [0.15, 0.2) is 0 Å². The summed E-state index contributed by atoms with van der Waals surface area (Å²) in [5, 5.41) is 12.1. The number of β-amino-alcohol motifs (C(OH)–C–C–N with tert-alkyl or cyclic N) is 1. The molecule has 2 aliphatic rings. The molecule has 0 spiro atoms. The molecule has 0 aromatic heterocycles. The highest BCUT2D eigenvalue weighted by Crippen LogP contribution is 2.22. The fraction of sp³-hybridized carbons (Fsp3) is 0.778. The maximum atomic E-state index is 11.7. The van der Waals surface area contributed by atoms with Crippen molar-refractivity contribution in [2.75, 3.05) is 13.1 Å². The Balaban J connectivity index is 1.88. The number of nitrogens with zero attached hydrogens (tertiary/aromatic N) is 1. The van der Waals surface area contributed by atoms with Crippen LogP contribution < -0.4 is 5.32 Å². The van der Waals surface area contributed by atoms with Gasteiger partial charge in [0, 0.05) is 6.42 Å². The van der Waals surface area contributed by atoms with E-state index in [4.69, 9.17) is 0 Å². The maximum Gasteiger partial charge on any atom is 0.245 e. The number of carbonyl (C=O) groups excluding carboxylic acids is 2. The minimum absolute atomic E-state index is 0.0596. The summed E-state index contributed by atoms with van der Waals surface area (Å²) in [5.41, 5.74) is -0.738. The first kappa shape index (κ1) is 9.45. The molecule has 0 aromatic carbocycles. The predicted octanol–water partition coefficient (Wildman–Crippen LogP) is -1.14. The Hall–Kier alpha value is -1.10. The molecule has 0 bridgehead atoms. The summed E-state index contributed by atoms with van der Waals surface area (Å²) in [6.45, 7) is 2.44. The molecule has 2 rings (SSSR count). The summed E-state index contributed by atoms with van der Waals surface area (Å²) in [6.07, 6.45) is 1.01. The Morgan fingerprint density at radius 1 is 1.64 bits per heavy atom. The zero-order valence-corrected chi connectivity index (χ0v) is 8.12. The van der Waals surface area contributed by atoms with Crippen molar-refractivity contribution >= 4 is 11.8 Å². The summed E-state index contributed by atoms with van der Waals surface area (Å²) in [7, 11) is 0. The summed E-state index contributed by atoms with van der Waals surface area (Å²) < 4.78 is 0. The molecule has 0 aliphatic carbocycles. The molecule has 2 amide bonds. The average molecular weight is 198 g/mol. The largest absolute Gasteiger partial charge is 0.386 e. The smallest absolute Gasteiger partial charge is 0.245 e. The van der Waals surface area contributed by atoms with Gasteiger partial charge in [-0.25, -0.2) is 0 Å². The van der Waals surface area contributed by atoms with Gasteiger partial charge in [-0.1, -0.05) is 0 Å². The van der Waals surface area contributed by atoms with Gasteiger partial charge in [-0.3, -0.25) is 9.59 Å². The molecular formula is C9H14N2O3. The fourth-order valence-corrected chi connectivity index (χ4v) is 1.95. The lowest BCUT2D eigenvalue weighted by Gasteiger charge is -2.45. The number of nitrogens with one attached hydrogen (secondary N) is 1. The lowest BCUT2D eigenvalue weighted by Crippen LogP contribution is -2.64. The lowest BCUT2D eigenvalue weighted by atomic mass is 9.96. The van der Waals surface area contributed by atoms with Crippen molar-refractivity contribution in [2.24, 2.45) is 0 Å². The molecule has 78 valence electrons. The second-order valence-corrected chi connectivity index (χ2v) is 4.35. The van der Waals surface area contributed by atoms with E-state index < -0.39 is 5.60 Å². The monoisotopic (exact) mass is 198 g/mol. The Morgan fingerprint density at radius 2 is 2.29 bits per heavy atom. The van der Waals surface area contributed by atoms with E-state index in [-0.39, 0.29) is 17.9 Å². The van der Waals surface area contributed by atoms with Crippen molar-refractivity contribution in [1.82, 2.24) is 10.2 Å². The van der Waals surface area contributed by atoms with Crippen LogP contribution in [0.5, 0.6) is 0 Å². The molecule has 5 nitrogen and oxygen atoms in total. The van der Waals surface area contributed by atoms with E-state index in [9.17, 15) is 14.7 Å². The molecular weight excluding hydrogens is 184 g/mol. The van der Waals surface area contributed by atoms with Gasteiger partial charge in [0.05, 0.1) is 18.7 Å². The molecule has 14 heavy (non-hydrogen) atoms. The zero-order chi connectivity index (χ0) is 10.3. The summed E-state index contributed by atoms with van der Waals surface area (Å²) in [4.78, 5) is 24.1. The number of carbonyl (C=O) groups is 2. The van der Waals surface area contributed by atoms with Gasteiger partial charge in [-0.05, 0) is 13.3 Å². The van der Waals surface area contributed by atoms with Crippen LogP contribution in [-0.4, -0.2) is 46.6 Å².